The summed E-state index contributed by atoms with van der Waals surface area (Å²) in [5.41, 5.74) is 2.61. The molecule has 3 rings (SSSR count). The molecular weight excluding hydrogens is 272 g/mol. The van der Waals surface area contributed by atoms with E-state index in [-0.39, 0.29) is 5.41 Å². The normalized spacial score (nSPS) is 22.5. The molecule has 0 atom stereocenters. The molecular formula is C19H26N2O. The summed E-state index contributed by atoms with van der Waals surface area (Å²) in [6.45, 7) is 6.23. The van der Waals surface area contributed by atoms with Crippen molar-refractivity contribution < 1.29 is 4.79 Å². The van der Waals surface area contributed by atoms with Crippen molar-refractivity contribution in [1.82, 2.24) is 9.80 Å². The lowest BCUT2D eigenvalue weighted by Gasteiger charge is -2.37. The van der Waals surface area contributed by atoms with E-state index in [4.69, 9.17) is 0 Å². The number of piperidine rings is 1. The molecule has 0 unspecified atom stereocenters. The van der Waals surface area contributed by atoms with Crippen molar-refractivity contribution in [2.45, 2.75) is 26.2 Å². The second kappa shape index (κ2) is 6.25. The summed E-state index contributed by atoms with van der Waals surface area (Å²) in [6, 6.07) is 10.5. The van der Waals surface area contributed by atoms with Gasteiger partial charge in [0.15, 0.2) is 0 Å². The summed E-state index contributed by atoms with van der Waals surface area (Å²) in [5.74, 6) is 0.378. The second-order valence-corrected chi connectivity index (χ2v) is 6.93. The van der Waals surface area contributed by atoms with Crippen LogP contribution in [0.5, 0.6) is 0 Å². The number of carbonyl (C=O) groups is 1. The van der Waals surface area contributed by atoms with Gasteiger partial charge in [-0.3, -0.25) is 9.69 Å². The minimum absolute atomic E-state index is 0.0394. The van der Waals surface area contributed by atoms with Crippen molar-refractivity contribution in [2.75, 3.05) is 33.2 Å². The van der Waals surface area contributed by atoms with Crippen molar-refractivity contribution in [3.8, 4) is 0 Å². The van der Waals surface area contributed by atoms with Gasteiger partial charge in [0, 0.05) is 20.1 Å². The van der Waals surface area contributed by atoms with E-state index in [0.29, 0.717) is 5.91 Å². The fourth-order valence-corrected chi connectivity index (χ4v) is 3.83. The Hall–Kier alpha value is -1.61. The van der Waals surface area contributed by atoms with Gasteiger partial charge in [-0.15, -0.1) is 0 Å². The Morgan fingerprint density at radius 2 is 1.77 bits per heavy atom. The second-order valence-electron chi connectivity index (χ2n) is 6.93. The van der Waals surface area contributed by atoms with Crippen LogP contribution in [-0.4, -0.2) is 48.9 Å². The maximum Gasteiger partial charge on any atom is 0.228 e. The Bertz CT molecular complexity index is 556. The molecule has 2 fully saturated rings. The number of rotatable bonds is 3. The van der Waals surface area contributed by atoms with E-state index in [1.54, 1.807) is 0 Å². The molecule has 2 aliphatic heterocycles. The minimum Gasteiger partial charge on any atom is -0.345 e. The molecule has 3 nitrogen and oxygen atoms in total. The van der Waals surface area contributed by atoms with E-state index < -0.39 is 0 Å². The topological polar surface area (TPSA) is 23.6 Å². The lowest BCUT2D eigenvalue weighted by molar-refractivity contribution is -0.137. The predicted molar refractivity (Wildman–Crippen MR) is 90.5 cm³/mol. The third-order valence-electron chi connectivity index (χ3n) is 5.22. The quantitative estimate of drug-likeness (QED) is 0.856. The summed E-state index contributed by atoms with van der Waals surface area (Å²) >= 11 is 0. The van der Waals surface area contributed by atoms with Gasteiger partial charge in [-0.05, 0) is 44.8 Å². The molecule has 1 aromatic carbocycles. The Morgan fingerprint density at radius 3 is 2.36 bits per heavy atom. The van der Waals surface area contributed by atoms with E-state index in [0.717, 1.165) is 45.4 Å². The lowest BCUT2D eigenvalue weighted by Crippen LogP contribution is -2.44. The summed E-state index contributed by atoms with van der Waals surface area (Å²) in [7, 11) is 1.94. The van der Waals surface area contributed by atoms with E-state index in [2.05, 4.69) is 42.2 Å². The predicted octanol–water partition coefficient (Wildman–Crippen LogP) is 3.03. The molecule has 2 saturated heterocycles. The van der Waals surface area contributed by atoms with Gasteiger partial charge in [0.1, 0.15) is 0 Å². The number of hydrogen-bond acceptors (Lipinski definition) is 2. The van der Waals surface area contributed by atoms with Gasteiger partial charge in [0.05, 0.1) is 5.41 Å². The SMILES string of the molecule is CC(=Cc1ccccc1)CN1CCC2(CC1)CCN(C)C2=O. The molecule has 1 aromatic rings. The Morgan fingerprint density at radius 1 is 1.14 bits per heavy atom. The molecule has 0 saturated carbocycles. The largest absolute Gasteiger partial charge is 0.345 e. The first kappa shape index (κ1) is 15.3. The first-order valence-corrected chi connectivity index (χ1v) is 8.29. The Balaban J connectivity index is 1.56. The number of benzene rings is 1. The van der Waals surface area contributed by atoms with Gasteiger partial charge >= 0.3 is 0 Å². The highest BCUT2D eigenvalue weighted by Gasteiger charge is 2.46. The summed E-state index contributed by atoms with van der Waals surface area (Å²) in [6.07, 6.45) is 5.36. The van der Waals surface area contributed by atoms with E-state index in [1.807, 2.05) is 18.0 Å². The first-order chi connectivity index (χ1) is 10.6. The number of nitrogens with zero attached hydrogens (tertiary/aromatic N) is 2. The molecule has 1 amide bonds. The van der Waals surface area contributed by atoms with Crippen LogP contribution in [0.1, 0.15) is 31.7 Å². The summed E-state index contributed by atoms with van der Waals surface area (Å²) < 4.78 is 0. The number of hydrogen-bond donors (Lipinski definition) is 0. The molecule has 0 radical (unpaired) electrons. The fourth-order valence-electron chi connectivity index (χ4n) is 3.83. The molecule has 0 aromatic heterocycles. The van der Waals surface area contributed by atoms with Gasteiger partial charge in [0.2, 0.25) is 5.91 Å². The van der Waals surface area contributed by atoms with Crippen LogP contribution in [0, 0.1) is 5.41 Å². The average molecular weight is 298 g/mol. The molecule has 1 spiro atoms. The third kappa shape index (κ3) is 3.09. The van der Waals surface area contributed by atoms with Crippen molar-refractivity contribution in [3.05, 3.63) is 41.5 Å². The standard InChI is InChI=1S/C19H26N2O/c1-16(14-17-6-4-3-5-7-17)15-21-12-9-19(10-13-21)8-11-20(2)18(19)22/h3-7,14H,8-13,15H2,1-2H3. The van der Waals surface area contributed by atoms with Gasteiger partial charge < -0.3 is 4.90 Å². The minimum atomic E-state index is -0.0394. The van der Waals surface area contributed by atoms with Crippen LogP contribution in [0.25, 0.3) is 6.08 Å². The highest BCUT2D eigenvalue weighted by Crippen LogP contribution is 2.40. The number of carbonyl (C=O) groups excluding carboxylic acids is 1. The zero-order valence-electron chi connectivity index (χ0n) is 13.7. The molecule has 0 aliphatic carbocycles. The highest BCUT2D eigenvalue weighted by molar-refractivity contribution is 5.84. The Kier molecular flexibility index (Phi) is 4.34. The molecule has 118 valence electrons. The molecule has 0 bridgehead atoms. The van der Waals surface area contributed by atoms with Gasteiger partial charge in [-0.2, -0.15) is 0 Å². The fraction of sp³-hybridized carbons (Fsp3) is 0.526. The maximum atomic E-state index is 12.3. The van der Waals surface area contributed by atoms with Crippen LogP contribution in [0.2, 0.25) is 0 Å². The summed E-state index contributed by atoms with van der Waals surface area (Å²) in [5, 5.41) is 0. The molecule has 2 heterocycles. The van der Waals surface area contributed by atoms with Crippen LogP contribution in [-0.2, 0) is 4.79 Å². The molecule has 2 aliphatic rings. The van der Waals surface area contributed by atoms with Crippen molar-refractivity contribution in [3.63, 3.8) is 0 Å². The monoisotopic (exact) mass is 298 g/mol. The van der Waals surface area contributed by atoms with E-state index >= 15 is 0 Å². The maximum absolute atomic E-state index is 12.3. The van der Waals surface area contributed by atoms with Gasteiger partial charge in [-0.25, -0.2) is 0 Å². The van der Waals surface area contributed by atoms with Gasteiger partial charge in [0.25, 0.3) is 0 Å². The van der Waals surface area contributed by atoms with Crippen LogP contribution in [0.3, 0.4) is 0 Å². The van der Waals surface area contributed by atoms with Crippen LogP contribution < -0.4 is 0 Å². The van der Waals surface area contributed by atoms with E-state index in [1.165, 1.54) is 11.1 Å². The average Bonchev–Trinajstić information content (AvgIpc) is 2.80. The lowest BCUT2D eigenvalue weighted by atomic mass is 9.77. The zero-order chi connectivity index (χ0) is 15.6. The van der Waals surface area contributed by atoms with Gasteiger partial charge in [-0.1, -0.05) is 42.0 Å². The number of likely N-dealkylation sites (tertiary alicyclic amines) is 2. The molecule has 3 heteroatoms. The van der Waals surface area contributed by atoms with Crippen LogP contribution in [0.15, 0.2) is 35.9 Å². The van der Waals surface area contributed by atoms with Crippen LogP contribution in [0.4, 0.5) is 0 Å². The van der Waals surface area contributed by atoms with Crippen molar-refractivity contribution in [1.29, 1.82) is 0 Å². The third-order valence-corrected chi connectivity index (χ3v) is 5.22. The van der Waals surface area contributed by atoms with Crippen molar-refractivity contribution in [2.24, 2.45) is 5.41 Å². The molecule has 0 N–H and O–H groups in total. The smallest absolute Gasteiger partial charge is 0.228 e. The summed E-state index contributed by atoms with van der Waals surface area (Å²) in [4.78, 5) is 16.8. The number of amides is 1. The Labute approximate surface area is 133 Å². The van der Waals surface area contributed by atoms with E-state index in [9.17, 15) is 4.79 Å². The molecule has 22 heavy (non-hydrogen) atoms. The zero-order valence-corrected chi connectivity index (χ0v) is 13.7. The first-order valence-electron chi connectivity index (χ1n) is 8.29. The van der Waals surface area contributed by atoms with Crippen LogP contribution >= 0.6 is 0 Å². The van der Waals surface area contributed by atoms with Crippen molar-refractivity contribution >= 4 is 12.0 Å². The highest BCUT2D eigenvalue weighted by atomic mass is 16.2.